The number of halogens is 2. The van der Waals surface area contributed by atoms with Gasteiger partial charge in [-0.1, -0.05) is 0 Å². The summed E-state index contributed by atoms with van der Waals surface area (Å²) in [5.74, 6) is 0. The van der Waals surface area contributed by atoms with Gasteiger partial charge in [0, 0.05) is 0 Å². The molecule has 10 fully saturated rings. The summed E-state index contributed by atoms with van der Waals surface area (Å²) in [4.78, 5) is 0. The average Bonchev–Trinajstić information content (AvgIpc) is 3.65. The Kier molecular flexibility index (Phi) is 1.08. The van der Waals surface area contributed by atoms with Gasteiger partial charge in [0.1, 0.15) is 0 Å². The molecule has 1 spiro atoms. The van der Waals surface area contributed by atoms with E-state index >= 15 is 0 Å². The van der Waals surface area contributed by atoms with E-state index in [-0.39, 0.29) is 10.3 Å². The minimum atomic E-state index is -4.98. The monoisotopic (exact) mass is 564 g/mol. The molecule has 10 saturated heterocycles. The molecular formula is C26H30Cl2P2Zr. The van der Waals surface area contributed by atoms with Crippen molar-refractivity contribution in [2.45, 2.75) is 98.9 Å². The number of hydrogen-bond donors (Lipinski definition) is 0. The van der Waals surface area contributed by atoms with Crippen molar-refractivity contribution in [1.29, 1.82) is 0 Å². The minimum absolute atomic E-state index is 0.0966. The van der Waals surface area contributed by atoms with Crippen LogP contribution in [-0.4, -0.2) is 26.1 Å². The SMILES string of the molecule is CC1=PC(C)([C]23[CH]4[C]5(Cl)[C]6(Cl)[C]2(C2(C)P=C(C)C(C)=C2C)[Zr]45632789[CH]3[CH]2[CH]7[CH]8[CH]39)C(C)=C1C. The molecule has 12 heterocycles. The van der Waals surface area contributed by atoms with Crippen LogP contribution in [0.4, 0.5) is 0 Å². The first-order chi connectivity index (χ1) is 14.1. The van der Waals surface area contributed by atoms with Crippen molar-refractivity contribution in [3.05, 3.63) is 22.3 Å². The standard InChI is InChI=1S/C21H25Cl2P2.C5H5.Zr/c1-10-12(3)20(7,24-14(10)5)16-9-17(22)19(23)18(16)21(8)13(4)11(2)15(6)25-21;1-2-4-5-3-1;/h9H,1-8H3;1-5H;. The van der Waals surface area contributed by atoms with Gasteiger partial charge in [0.2, 0.25) is 0 Å². The van der Waals surface area contributed by atoms with Gasteiger partial charge in [-0.05, 0) is 0 Å². The van der Waals surface area contributed by atoms with Crippen LogP contribution in [0.1, 0.15) is 55.4 Å². The van der Waals surface area contributed by atoms with E-state index in [4.69, 9.17) is 23.2 Å². The van der Waals surface area contributed by atoms with Gasteiger partial charge >= 0.3 is 183 Å². The zero-order chi connectivity index (χ0) is 21.7. The molecule has 5 heteroatoms. The second kappa shape index (κ2) is 1.98. The van der Waals surface area contributed by atoms with Gasteiger partial charge in [-0.25, -0.2) is 0 Å². The molecule has 0 N–H and O–H groups in total. The van der Waals surface area contributed by atoms with E-state index in [1.807, 2.05) is 0 Å². The molecule has 12 aliphatic rings. The van der Waals surface area contributed by atoms with Crippen LogP contribution in [0, 0.1) is 0 Å². The fourth-order valence-corrected chi connectivity index (χ4v) is 294. The van der Waals surface area contributed by atoms with Gasteiger partial charge in [-0.15, -0.1) is 0 Å². The van der Waals surface area contributed by atoms with E-state index in [1.54, 1.807) is 49.3 Å². The van der Waals surface area contributed by atoms with Crippen LogP contribution >= 0.6 is 39.6 Å². The molecule has 162 valence electrons. The Morgan fingerprint density at radius 1 is 0.710 bits per heavy atom. The van der Waals surface area contributed by atoms with Crippen LogP contribution in [0.25, 0.3) is 0 Å². The van der Waals surface area contributed by atoms with E-state index in [0.29, 0.717) is 11.4 Å². The van der Waals surface area contributed by atoms with E-state index < -0.39 is 11.4 Å². The van der Waals surface area contributed by atoms with Gasteiger partial charge in [0.25, 0.3) is 0 Å². The Morgan fingerprint density at radius 2 is 1.13 bits per heavy atom. The van der Waals surface area contributed by atoms with E-state index in [9.17, 15) is 0 Å². The first-order valence-electron chi connectivity index (χ1n) is 13.0. The van der Waals surface area contributed by atoms with Crippen LogP contribution < -0.4 is 0 Å². The molecule has 12 aliphatic heterocycles. The van der Waals surface area contributed by atoms with Gasteiger partial charge in [-0.3, -0.25) is 0 Å². The zero-order valence-electron chi connectivity index (χ0n) is 19.6. The maximum absolute atomic E-state index is 8.38. The summed E-state index contributed by atoms with van der Waals surface area (Å²) in [6.45, 7) is 20.1. The molecule has 0 aromatic rings. The van der Waals surface area contributed by atoms with E-state index in [0.717, 1.165) is 21.8 Å². The number of alkyl halides is 2. The third kappa shape index (κ3) is 0.275. The molecule has 0 aromatic heterocycles. The van der Waals surface area contributed by atoms with Crippen LogP contribution in [0.2, 0.25) is 28.0 Å². The van der Waals surface area contributed by atoms with Crippen molar-refractivity contribution in [1.82, 2.24) is 0 Å². The summed E-state index contributed by atoms with van der Waals surface area (Å²) < 4.78 is 7.66. The Labute approximate surface area is 181 Å². The number of allylic oxidation sites excluding steroid dienone is 4. The summed E-state index contributed by atoms with van der Waals surface area (Å²) in [7, 11) is 3.24. The summed E-state index contributed by atoms with van der Waals surface area (Å²) in [5, 5.41) is 3.85. The molecule has 0 aliphatic carbocycles. The van der Waals surface area contributed by atoms with Crippen LogP contribution in [0.15, 0.2) is 22.3 Å². The summed E-state index contributed by atoms with van der Waals surface area (Å²) >= 11 is 11.6. The topological polar surface area (TPSA) is 0 Å². The van der Waals surface area contributed by atoms with Crippen molar-refractivity contribution in [3.8, 4) is 0 Å². The van der Waals surface area contributed by atoms with Crippen LogP contribution in [0.3, 0.4) is 0 Å². The van der Waals surface area contributed by atoms with Gasteiger partial charge in [0.05, 0.1) is 0 Å². The Hall–Kier alpha value is 1.28. The Balaban J connectivity index is 1.37. The third-order valence-corrected chi connectivity index (χ3v) is 140. The average molecular weight is 567 g/mol. The molecule has 0 nitrogen and oxygen atoms in total. The molecular weight excluding hydrogens is 536 g/mol. The first-order valence-corrected chi connectivity index (χ1v) is 29.0. The Bertz CT molecular complexity index is 1810. The molecule has 0 aromatic carbocycles. The fourth-order valence-electron chi connectivity index (χ4n) is 30.8. The molecule has 31 heavy (non-hydrogen) atoms. The number of rotatable bonds is 2. The molecule has 7 atom stereocenters. The van der Waals surface area contributed by atoms with Crippen molar-refractivity contribution >= 4 is 50.2 Å². The maximum atomic E-state index is 8.38. The van der Waals surface area contributed by atoms with Crippen molar-refractivity contribution in [2.24, 2.45) is 0 Å². The number of fused-ring (bicyclic) bond motifs is 10. The van der Waals surface area contributed by atoms with E-state index in [1.165, 1.54) is 0 Å². The second-order valence-corrected chi connectivity index (χ2v) is 75.2. The van der Waals surface area contributed by atoms with Gasteiger partial charge in [-0.2, -0.15) is 0 Å². The molecule has 0 bridgehead atoms. The fraction of sp³-hybridized carbons (Fsp3) is 0.769. The normalized spacial score (nSPS) is 93.9. The van der Waals surface area contributed by atoms with Gasteiger partial charge in [0.15, 0.2) is 0 Å². The van der Waals surface area contributed by atoms with Crippen molar-refractivity contribution < 1.29 is 11.4 Å². The summed E-state index contributed by atoms with van der Waals surface area (Å²) in [5.41, 5.74) is 6.68. The molecule has 12 rings (SSSR count). The predicted octanol–water partition coefficient (Wildman–Crippen LogP) is 8.90. The molecule has 0 saturated carbocycles. The van der Waals surface area contributed by atoms with Crippen molar-refractivity contribution in [3.63, 3.8) is 0 Å². The zero-order valence-corrected chi connectivity index (χ0v) is 25.4. The molecule has 0 amide bonds. The van der Waals surface area contributed by atoms with Crippen LogP contribution in [-0.2, 0) is 11.4 Å². The second-order valence-electron chi connectivity index (χ2n) is 18.7. The third-order valence-electron chi connectivity index (χ3n) is 26.3. The molecule has 0 radical (unpaired) electrons. The van der Waals surface area contributed by atoms with Gasteiger partial charge < -0.3 is 0 Å². The molecule has 7 unspecified atom stereocenters. The number of hydrogen-bond acceptors (Lipinski definition) is 0. The Morgan fingerprint density at radius 3 is 1.45 bits per heavy atom. The van der Waals surface area contributed by atoms with Crippen molar-refractivity contribution in [2.75, 3.05) is 0 Å². The first kappa shape index (κ1) is 16.9. The summed E-state index contributed by atoms with van der Waals surface area (Å²) in [6.07, 6.45) is 0. The summed E-state index contributed by atoms with van der Waals surface area (Å²) in [6, 6.07) is 0. The predicted molar refractivity (Wildman–Crippen MR) is 134 cm³/mol. The van der Waals surface area contributed by atoms with Crippen LogP contribution in [0.5, 0.6) is 0 Å². The van der Waals surface area contributed by atoms with E-state index in [2.05, 4.69) is 55.4 Å². The quantitative estimate of drug-likeness (QED) is 0.231.